The molecule has 29 heavy (non-hydrogen) atoms. The Bertz CT molecular complexity index is 1460. The van der Waals surface area contributed by atoms with Crippen LogP contribution in [0.4, 0.5) is 0 Å². The van der Waals surface area contributed by atoms with Crippen molar-refractivity contribution in [3.63, 3.8) is 0 Å². The van der Waals surface area contributed by atoms with Gasteiger partial charge in [-0.25, -0.2) is 0 Å². The Morgan fingerprint density at radius 3 is 2.17 bits per heavy atom. The lowest BCUT2D eigenvalue weighted by atomic mass is 9.71. The zero-order chi connectivity index (χ0) is 20.0. The van der Waals surface area contributed by atoms with Crippen molar-refractivity contribution in [1.82, 2.24) is 4.98 Å². The second-order valence-electron chi connectivity index (χ2n) is 8.16. The van der Waals surface area contributed by atoms with Gasteiger partial charge in [0.05, 0.1) is 5.52 Å². The van der Waals surface area contributed by atoms with Crippen LogP contribution in [-0.4, -0.2) is 15.2 Å². The van der Waals surface area contributed by atoms with Crippen LogP contribution in [0.1, 0.15) is 29.2 Å². The van der Waals surface area contributed by atoms with Gasteiger partial charge in [-0.3, -0.25) is 5.73 Å². The van der Waals surface area contributed by atoms with Crippen LogP contribution in [0.5, 0.6) is 0 Å². The number of H-pyrrole nitrogens is 1. The second-order valence-corrected chi connectivity index (χ2v) is 8.16. The summed E-state index contributed by atoms with van der Waals surface area (Å²) < 4.78 is 0. The van der Waals surface area contributed by atoms with Crippen LogP contribution in [0.25, 0.3) is 32.6 Å². The number of aromatic nitrogens is 1. The second kappa shape index (κ2) is 5.24. The fourth-order valence-corrected chi connectivity index (χ4v) is 5.00. The molecule has 4 heteroatoms. The molecule has 2 atom stereocenters. The highest BCUT2D eigenvalue weighted by Crippen LogP contribution is 2.48. The Hall–Kier alpha value is -3.18. The van der Waals surface area contributed by atoms with Gasteiger partial charge in [0.15, 0.2) is 5.72 Å². The largest absolute Gasteiger partial charge is 0.381 e. The predicted octanol–water partition coefficient (Wildman–Crippen LogP) is 4.20. The van der Waals surface area contributed by atoms with Crippen LogP contribution in [0, 0.1) is 0 Å². The van der Waals surface area contributed by atoms with E-state index in [4.69, 9.17) is 5.73 Å². The predicted molar refractivity (Wildman–Crippen MR) is 116 cm³/mol. The molecule has 0 bridgehead atoms. The summed E-state index contributed by atoms with van der Waals surface area (Å²) in [5.74, 6) is 0. The Labute approximate surface area is 167 Å². The van der Waals surface area contributed by atoms with E-state index in [1.165, 1.54) is 0 Å². The molecular weight excluding hydrogens is 360 g/mol. The Balaban J connectivity index is 1.78. The zero-order valence-corrected chi connectivity index (χ0v) is 15.9. The third-order valence-corrected chi connectivity index (χ3v) is 6.40. The molecule has 0 radical (unpaired) electrons. The third-order valence-electron chi connectivity index (χ3n) is 6.40. The minimum absolute atomic E-state index is 0.518. The van der Waals surface area contributed by atoms with E-state index < -0.39 is 11.3 Å². The number of aliphatic hydroxyl groups is 2. The first-order valence-electron chi connectivity index (χ1n) is 9.71. The maximum absolute atomic E-state index is 11.6. The molecule has 5 N–H and O–H groups in total. The van der Waals surface area contributed by atoms with Crippen LogP contribution >= 0.6 is 0 Å². The van der Waals surface area contributed by atoms with Crippen molar-refractivity contribution in [3.05, 3.63) is 95.1 Å². The molecule has 5 aromatic rings. The summed E-state index contributed by atoms with van der Waals surface area (Å²) in [6.45, 7) is 1.77. The molecular formula is C25H20N2O2. The minimum Gasteiger partial charge on any atom is -0.381 e. The summed E-state index contributed by atoms with van der Waals surface area (Å²) in [7, 11) is 0. The van der Waals surface area contributed by atoms with Gasteiger partial charge in [-0.05, 0) is 35.4 Å². The van der Waals surface area contributed by atoms with Gasteiger partial charge in [-0.15, -0.1) is 0 Å². The number of rotatable bonds is 0. The molecule has 4 nitrogen and oxygen atoms in total. The maximum Gasteiger partial charge on any atom is 0.166 e. The topological polar surface area (TPSA) is 82.3 Å². The van der Waals surface area contributed by atoms with Crippen LogP contribution in [-0.2, 0) is 11.3 Å². The van der Waals surface area contributed by atoms with Gasteiger partial charge in [0.1, 0.15) is 5.60 Å². The van der Waals surface area contributed by atoms with E-state index in [1.807, 2.05) is 42.5 Å². The summed E-state index contributed by atoms with van der Waals surface area (Å²) in [5, 5.41) is 27.3. The third kappa shape index (κ3) is 2.03. The lowest BCUT2D eigenvalue weighted by molar-refractivity contribution is 0.0446. The van der Waals surface area contributed by atoms with Crippen LogP contribution in [0.15, 0.2) is 72.8 Å². The van der Waals surface area contributed by atoms with Crippen molar-refractivity contribution < 1.29 is 10.2 Å². The monoisotopic (exact) mass is 380 g/mol. The zero-order valence-electron chi connectivity index (χ0n) is 15.9. The van der Waals surface area contributed by atoms with Crippen molar-refractivity contribution in [2.24, 2.45) is 5.73 Å². The average Bonchev–Trinajstić information content (AvgIpc) is 3.08. The molecule has 4 aromatic carbocycles. The van der Waals surface area contributed by atoms with E-state index >= 15 is 0 Å². The van der Waals surface area contributed by atoms with Crippen LogP contribution in [0.3, 0.4) is 0 Å². The maximum atomic E-state index is 11.6. The fraction of sp³-hybridized carbons (Fsp3) is 0.120. The van der Waals surface area contributed by atoms with Gasteiger partial charge in [0, 0.05) is 33.0 Å². The number of aromatic amines is 1. The first kappa shape index (κ1) is 16.7. The number of fused-ring (bicyclic) bond motifs is 7. The number of hydrogen-bond acceptors (Lipinski definition) is 3. The number of nitrogens with two attached hydrogens (primary N) is 1. The van der Waals surface area contributed by atoms with E-state index in [0.29, 0.717) is 22.3 Å². The fourth-order valence-electron chi connectivity index (χ4n) is 5.00. The van der Waals surface area contributed by atoms with Gasteiger partial charge in [-0.1, -0.05) is 60.7 Å². The normalized spacial score (nSPS) is 23.4. The van der Waals surface area contributed by atoms with Crippen molar-refractivity contribution in [1.29, 1.82) is 0 Å². The molecule has 0 saturated heterocycles. The van der Waals surface area contributed by atoms with Crippen LogP contribution < -0.4 is 5.73 Å². The molecule has 1 heterocycles. The Morgan fingerprint density at radius 2 is 1.41 bits per heavy atom. The van der Waals surface area contributed by atoms with E-state index in [-0.39, 0.29) is 0 Å². The van der Waals surface area contributed by atoms with E-state index in [1.54, 1.807) is 13.0 Å². The quantitative estimate of drug-likeness (QED) is 0.304. The lowest BCUT2D eigenvalue weighted by Gasteiger charge is -2.41. The molecule has 0 spiro atoms. The first-order chi connectivity index (χ1) is 13.9. The highest BCUT2D eigenvalue weighted by molar-refractivity contribution is 6.13. The number of hydrogen-bond donors (Lipinski definition) is 4. The lowest BCUT2D eigenvalue weighted by Crippen LogP contribution is -2.47. The average molecular weight is 380 g/mol. The SMILES string of the molecule is CC1(O)c2ccccc2C(N)(O)c2ccc3c([nH]c4cc5ccccc5cc43)c21. The highest BCUT2D eigenvalue weighted by Gasteiger charge is 2.46. The number of benzene rings is 4. The molecule has 1 aliphatic carbocycles. The van der Waals surface area contributed by atoms with Crippen molar-refractivity contribution >= 4 is 32.6 Å². The minimum atomic E-state index is -1.68. The molecule has 0 fully saturated rings. The molecule has 142 valence electrons. The van der Waals surface area contributed by atoms with Gasteiger partial charge >= 0.3 is 0 Å². The molecule has 0 amide bonds. The number of nitrogens with one attached hydrogen (secondary N) is 1. The van der Waals surface area contributed by atoms with Crippen molar-refractivity contribution in [2.75, 3.05) is 0 Å². The molecule has 1 aliphatic rings. The summed E-state index contributed by atoms with van der Waals surface area (Å²) in [4.78, 5) is 3.50. The summed E-state index contributed by atoms with van der Waals surface area (Å²) >= 11 is 0. The van der Waals surface area contributed by atoms with Gasteiger partial charge in [-0.2, -0.15) is 0 Å². The van der Waals surface area contributed by atoms with E-state index in [2.05, 4.69) is 29.2 Å². The Kier molecular flexibility index (Phi) is 3.03. The summed E-state index contributed by atoms with van der Waals surface area (Å²) in [5.41, 5.74) is 7.53. The van der Waals surface area contributed by atoms with Crippen LogP contribution in [0.2, 0.25) is 0 Å². The molecule has 6 rings (SSSR count). The van der Waals surface area contributed by atoms with E-state index in [0.717, 1.165) is 32.6 Å². The first-order valence-corrected chi connectivity index (χ1v) is 9.71. The molecule has 1 aromatic heterocycles. The van der Waals surface area contributed by atoms with E-state index in [9.17, 15) is 10.2 Å². The van der Waals surface area contributed by atoms with Crippen molar-refractivity contribution in [2.45, 2.75) is 18.2 Å². The highest BCUT2D eigenvalue weighted by atomic mass is 16.3. The summed E-state index contributed by atoms with van der Waals surface area (Å²) in [6, 6.07) is 23.6. The van der Waals surface area contributed by atoms with Crippen molar-refractivity contribution in [3.8, 4) is 0 Å². The van der Waals surface area contributed by atoms with Gasteiger partial charge in [0.25, 0.3) is 0 Å². The molecule has 2 unspecified atom stereocenters. The molecule has 0 aliphatic heterocycles. The van der Waals surface area contributed by atoms with Gasteiger partial charge in [0.2, 0.25) is 0 Å². The van der Waals surface area contributed by atoms with Gasteiger partial charge < -0.3 is 15.2 Å². The molecule has 0 saturated carbocycles. The Morgan fingerprint density at radius 1 is 0.759 bits per heavy atom. The summed E-state index contributed by atoms with van der Waals surface area (Å²) in [6.07, 6.45) is 0. The smallest absolute Gasteiger partial charge is 0.166 e. The standard InChI is InChI=1S/C25H20N2O2/c1-24(28)18-8-4-5-9-19(18)25(26,29)20-11-10-16-17-12-14-6-2-3-7-15(14)13-21(17)27-23(16)22(20)24/h2-13,27-29H,26H2,1H3.